The van der Waals surface area contributed by atoms with Crippen LogP contribution in [0.25, 0.3) is 0 Å². The molecule has 2 aliphatic carbocycles. The third-order valence-corrected chi connectivity index (χ3v) is 6.62. The summed E-state index contributed by atoms with van der Waals surface area (Å²) in [6.07, 6.45) is 8.15. The van der Waals surface area contributed by atoms with Crippen molar-refractivity contribution in [2.24, 2.45) is 17.8 Å². The van der Waals surface area contributed by atoms with Crippen molar-refractivity contribution in [1.29, 1.82) is 0 Å². The van der Waals surface area contributed by atoms with Gasteiger partial charge in [-0.1, -0.05) is 32.6 Å². The molecule has 0 aromatic carbocycles. The fourth-order valence-corrected chi connectivity index (χ4v) is 4.57. The van der Waals surface area contributed by atoms with Crippen molar-refractivity contribution in [2.75, 3.05) is 37.6 Å². The van der Waals surface area contributed by atoms with E-state index in [0.29, 0.717) is 24.1 Å². The summed E-state index contributed by atoms with van der Waals surface area (Å²) in [6, 6.07) is 3.61. The van der Waals surface area contributed by atoms with Crippen molar-refractivity contribution in [1.82, 2.24) is 20.4 Å². The highest BCUT2D eigenvalue weighted by molar-refractivity contribution is 5.92. The lowest BCUT2D eigenvalue weighted by molar-refractivity contribution is -0.137. The summed E-state index contributed by atoms with van der Waals surface area (Å²) in [5.41, 5.74) is 0.366. The monoisotopic (exact) mass is 399 g/mol. The molecule has 1 saturated heterocycles. The van der Waals surface area contributed by atoms with E-state index in [1.807, 2.05) is 11.0 Å². The van der Waals surface area contributed by atoms with Gasteiger partial charge in [-0.3, -0.25) is 9.59 Å². The molecule has 1 aliphatic heterocycles. The smallest absolute Gasteiger partial charge is 0.271 e. The Morgan fingerprint density at radius 1 is 1.07 bits per heavy atom. The molecule has 1 N–H and O–H groups in total. The summed E-state index contributed by atoms with van der Waals surface area (Å²) >= 11 is 0. The van der Waals surface area contributed by atoms with Crippen LogP contribution >= 0.6 is 0 Å². The van der Waals surface area contributed by atoms with E-state index in [2.05, 4.69) is 27.3 Å². The van der Waals surface area contributed by atoms with Gasteiger partial charge in [-0.05, 0) is 43.2 Å². The molecule has 4 rings (SSSR count). The molecule has 2 saturated carbocycles. The summed E-state index contributed by atoms with van der Waals surface area (Å²) in [7, 11) is 0. The van der Waals surface area contributed by atoms with E-state index in [4.69, 9.17) is 0 Å². The van der Waals surface area contributed by atoms with Crippen molar-refractivity contribution in [2.45, 2.75) is 51.9 Å². The van der Waals surface area contributed by atoms with E-state index in [-0.39, 0.29) is 11.8 Å². The Balaban J connectivity index is 1.24. The Labute approximate surface area is 173 Å². The number of nitrogens with zero attached hydrogens (tertiary/aromatic N) is 4. The van der Waals surface area contributed by atoms with E-state index < -0.39 is 0 Å². The zero-order chi connectivity index (χ0) is 20.2. The molecule has 3 aliphatic rings. The topological polar surface area (TPSA) is 78.4 Å². The van der Waals surface area contributed by atoms with Gasteiger partial charge in [0.25, 0.3) is 5.91 Å². The highest BCUT2D eigenvalue weighted by Gasteiger charge is 2.30. The predicted molar refractivity (Wildman–Crippen MR) is 112 cm³/mol. The van der Waals surface area contributed by atoms with Gasteiger partial charge in [0, 0.05) is 38.6 Å². The molecule has 2 atom stereocenters. The van der Waals surface area contributed by atoms with Crippen molar-refractivity contribution < 1.29 is 9.59 Å². The first-order valence-electron chi connectivity index (χ1n) is 11.3. The van der Waals surface area contributed by atoms with Crippen LogP contribution in [0.4, 0.5) is 5.82 Å². The number of nitrogens with one attached hydrogen (secondary N) is 1. The Morgan fingerprint density at radius 2 is 1.86 bits per heavy atom. The third kappa shape index (κ3) is 5.25. The first kappa shape index (κ1) is 20.1. The molecule has 0 spiro atoms. The maximum absolute atomic E-state index is 12.8. The number of hydrogen-bond acceptors (Lipinski definition) is 5. The average molecular weight is 400 g/mol. The van der Waals surface area contributed by atoms with Gasteiger partial charge in [0.05, 0.1) is 0 Å². The molecule has 1 aromatic heterocycles. The first-order valence-corrected chi connectivity index (χ1v) is 11.3. The summed E-state index contributed by atoms with van der Waals surface area (Å²) in [5.74, 6) is 2.64. The fourth-order valence-electron chi connectivity index (χ4n) is 4.57. The molecular formula is C22H33N5O2. The number of piperazine rings is 1. The quantitative estimate of drug-likeness (QED) is 0.795. The Bertz CT molecular complexity index is 710. The molecule has 0 bridgehead atoms. The number of anilines is 1. The first-order chi connectivity index (χ1) is 14.1. The lowest BCUT2D eigenvalue weighted by Gasteiger charge is -2.38. The van der Waals surface area contributed by atoms with Crippen LogP contribution in [0.1, 0.15) is 62.4 Å². The summed E-state index contributed by atoms with van der Waals surface area (Å²) in [4.78, 5) is 29.2. The predicted octanol–water partition coefficient (Wildman–Crippen LogP) is 2.48. The third-order valence-electron chi connectivity index (χ3n) is 6.62. The van der Waals surface area contributed by atoms with Crippen LogP contribution in [0.15, 0.2) is 12.1 Å². The maximum atomic E-state index is 12.8. The van der Waals surface area contributed by atoms with E-state index in [9.17, 15) is 9.59 Å². The number of carbonyl (C=O) groups excluding carboxylic acids is 2. The van der Waals surface area contributed by atoms with Crippen LogP contribution in [-0.2, 0) is 4.79 Å². The lowest BCUT2D eigenvalue weighted by atomic mass is 9.81. The van der Waals surface area contributed by atoms with E-state index in [0.717, 1.165) is 57.2 Å². The van der Waals surface area contributed by atoms with Gasteiger partial charge in [0.2, 0.25) is 5.91 Å². The SMILES string of the molecule is CC1CCCC(C(=O)N2CCN(c3ccc(C(=O)NCCC4CC4)nn3)CC2)C1. The van der Waals surface area contributed by atoms with Gasteiger partial charge in [-0.15, -0.1) is 10.2 Å². The average Bonchev–Trinajstić information content (AvgIpc) is 3.58. The molecule has 3 fully saturated rings. The van der Waals surface area contributed by atoms with Gasteiger partial charge in [0.1, 0.15) is 0 Å². The number of hydrogen-bond donors (Lipinski definition) is 1. The van der Waals surface area contributed by atoms with Gasteiger partial charge in [0.15, 0.2) is 11.5 Å². The van der Waals surface area contributed by atoms with Crippen LogP contribution in [0.3, 0.4) is 0 Å². The van der Waals surface area contributed by atoms with Crippen molar-refractivity contribution >= 4 is 17.6 Å². The lowest BCUT2D eigenvalue weighted by Crippen LogP contribution is -2.51. The molecule has 2 heterocycles. The second kappa shape index (κ2) is 9.09. The number of carbonyl (C=O) groups is 2. The number of amides is 2. The molecule has 29 heavy (non-hydrogen) atoms. The zero-order valence-electron chi connectivity index (χ0n) is 17.5. The standard InChI is InChI=1S/C22H33N5O2/c1-16-3-2-4-18(15-16)22(29)27-13-11-26(12-14-27)20-8-7-19(24-25-20)21(28)23-10-9-17-5-6-17/h7-8,16-18H,2-6,9-15H2,1H3,(H,23,28). The van der Waals surface area contributed by atoms with E-state index >= 15 is 0 Å². The summed E-state index contributed by atoms with van der Waals surface area (Å²) < 4.78 is 0. The summed E-state index contributed by atoms with van der Waals surface area (Å²) in [6.45, 7) is 5.95. The zero-order valence-corrected chi connectivity index (χ0v) is 17.5. The maximum Gasteiger partial charge on any atom is 0.271 e. The number of rotatable bonds is 6. The van der Waals surface area contributed by atoms with Crippen molar-refractivity contribution in [3.63, 3.8) is 0 Å². The van der Waals surface area contributed by atoms with Crippen molar-refractivity contribution in [3.8, 4) is 0 Å². The number of aromatic nitrogens is 2. The molecule has 2 unspecified atom stereocenters. The second-order valence-electron chi connectivity index (χ2n) is 9.05. The van der Waals surface area contributed by atoms with Crippen LogP contribution in [0.2, 0.25) is 0 Å². The normalized spacial score (nSPS) is 25.0. The molecular weight excluding hydrogens is 366 g/mol. The van der Waals surface area contributed by atoms with E-state index in [1.165, 1.54) is 25.7 Å². The van der Waals surface area contributed by atoms with Crippen molar-refractivity contribution in [3.05, 3.63) is 17.8 Å². The largest absolute Gasteiger partial charge is 0.352 e. The minimum atomic E-state index is -0.151. The Hall–Kier alpha value is -2.18. The van der Waals surface area contributed by atoms with Crippen LogP contribution in [0, 0.1) is 17.8 Å². The minimum absolute atomic E-state index is 0.151. The van der Waals surface area contributed by atoms with Crippen LogP contribution < -0.4 is 10.2 Å². The van der Waals surface area contributed by atoms with Gasteiger partial charge in [-0.25, -0.2) is 0 Å². The highest BCUT2D eigenvalue weighted by Crippen LogP contribution is 2.32. The molecule has 7 nitrogen and oxygen atoms in total. The molecule has 0 radical (unpaired) electrons. The molecule has 2 amide bonds. The molecule has 7 heteroatoms. The minimum Gasteiger partial charge on any atom is -0.352 e. The molecule has 158 valence electrons. The van der Waals surface area contributed by atoms with Gasteiger partial charge in [-0.2, -0.15) is 0 Å². The molecule has 1 aromatic rings. The van der Waals surface area contributed by atoms with Crippen LogP contribution in [-0.4, -0.2) is 59.6 Å². The Kier molecular flexibility index (Phi) is 6.31. The summed E-state index contributed by atoms with van der Waals surface area (Å²) in [5, 5.41) is 11.3. The second-order valence-corrected chi connectivity index (χ2v) is 9.05. The highest BCUT2D eigenvalue weighted by atomic mass is 16.2. The Morgan fingerprint density at radius 3 is 2.52 bits per heavy atom. The fraction of sp³-hybridized carbons (Fsp3) is 0.727. The van der Waals surface area contributed by atoms with E-state index in [1.54, 1.807) is 6.07 Å². The van der Waals surface area contributed by atoms with Gasteiger partial charge >= 0.3 is 0 Å². The van der Waals surface area contributed by atoms with Gasteiger partial charge < -0.3 is 15.1 Å². The van der Waals surface area contributed by atoms with Crippen LogP contribution in [0.5, 0.6) is 0 Å².